The van der Waals surface area contributed by atoms with Gasteiger partial charge < -0.3 is 14.6 Å². The average Bonchev–Trinajstić information content (AvgIpc) is 3.05. The Labute approximate surface area is 147 Å². The van der Waals surface area contributed by atoms with Crippen LogP contribution >= 0.6 is 0 Å². The molecule has 4 atom stereocenters. The second kappa shape index (κ2) is 6.90. The van der Waals surface area contributed by atoms with Crippen LogP contribution in [0.25, 0.3) is 0 Å². The van der Waals surface area contributed by atoms with E-state index in [2.05, 4.69) is 6.92 Å². The van der Waals surface area contributed by atoms with Gasteiger partial charge in [-0.1, -0.05) is 39.0 Å². The van der Waals surface area contributed by atoms with Crippen molar-refractivity contribution in [2.45, 2.75) is 70.5 Å². The number of carbonyl (C=O) groups excluding carboxylic acids is 3. The summed E-state index contributed by atoms with van der Waals surface area (Å²) in [7, 11) is 0. The largest absolute Gasteiger partial charge is 0.457 e. The van der Waals surface area contributed by atoms with Gasteiger partial charge in [-0.15, -0.1) is 0 Å². The first-order valence-electron chi connectivity index (χ1n) is 9.25. The number of rotatable bonds is 7. The predicted molar refractivity (Wildman–Crippen MR) is 88.5 cm³/mol. The fourth-order valence-electron chi connectivity index (χ4n) is 4.33. The summed E-state index contributed by atoms with van der Waals surface area (Å²) in [6, 6.07) is 0. The smallest absolute Gasteiger partial charge is 0.342 e. The van der Waals surface area contributed by atoms with Crippen molar-refractivity contribution in [3.05, 3.63) is 11.1 Å². The molecule has 6 heteroatoms. The van der Waals surface area contributed by atoms with Gasteiger partial charge in [0.2, 0.25) is 5.78 Å². The molecule has 0 radical (unpaired) electrons. The van der Waals surface area contributed by atoms with Crippen LogP contribution in [0, 0.1) is 11.8 Å². The van der Waals surface area contributed by atoms with Crippen molar-refractivity contribution in [2.75, 3.05) is 6.61 Å². The number of Topliss-reactive ketones (excluding diaryl/α,β-unsaturated/α-hetero) is 1. The van der Waals surface area contributed by atoms with Crippen molar-refractivity contribution in [1.82, 2.24) is 0 Å². The Hall–Kier alpha value is -1.69. The van der Waals surface area contributed by atoms with E-state index in [0.717, 1.165) is 25.7 Å². The summed E-state index contributed by atoms with van der Waals surface area (Å²) in [5.74, 6) is -2.80. The summed E-state index contributed by atoms with van der Waals surface area (Å²) in [5, 5.41) is 10.6. The van der Waals surface area contributed by atoms with Crippen LogP contribution in [0.3, 0.4) is 0 Å². The predicted octanol–water partition coefficient (Wildman–Crippen LogP) is 2.08. The lowest BCUT2D eigenvalue weighted by molar-refractivity contribution is -0.158. The third-order valence-electron chi connectivity index (χ3n) is 5.82. The maximum Gasteiger partial charge on any atom is 0.342 e. The fraction of sp³-hybridized carbons (Fsp3) is 0.737. The molecular weight excluding hydrogens is 324 g/mol. The first-order valence-corrected chi connectivity index (χ1v) is 9.25. The first kappa shape index (κ1) is 18.1. The number of hydrogen-bond acceptors (Lipinski definition) is 6. The summed E-state index contributed by atoms with van der Waals surface area (Å²) in [4.78, 5) is 36.9. The molecule has 3 rings (SSSR count). The van der Waals surface area contributed by atoms with E-state index in [9.17, 15) is 19.5 Å². The second-order valence-corrected chi connectivity index (χ2v) is 7.52. The minimum atomic E-state index is -1.37. The van der Waals surface area contributed by atoms with Crippen molar-refractivity contribution in [1.29, 1.82) is 0 Å². The van der Waals surface area contributed by atoms with Gasteiger partial charge in [-0.05, 0) is 25.3 Å². The molecule has 3 unspecified atom stereocenters. The van der Waals surface area contributed by atoms with Crippen molar-refractivity contribution >= 4 is 17.7 Å². The molecule has 2 aliphatic heterocycles. The summed E-state index contributed by atoms with van der Waals surface area (Å²) in [6.45, 7) is 3.80. The SMILES string of the molecule is CCCCCCCC(O)C1C(=O)O[C@]2(C)C(=O)C3=C(COC3=O)CC12. The molecule has 3 aliphatic rings. The van der Waals surface area contributed by atoms with Gasteiger partial charge >= 0.3 is 11.9 Å². The lowest BCUT2D eigenvalue weighted by atomic mass is 9.68. The number of carbonyl (C=O) groups is 3. The van der Waals surface area contributed by atoms with Crippen molar-refractivity contribution < 1.29 is 29.0 Å². The van der Waals surface area contributed by atoms with E-state index in [1.54, 1.807) is 6.92 Å². The number of fused-ring (bicyclic) bond motifs is 1. The van der Waals surface area contributed by atoms with Gasteiger partial charge in [0.1, 0.15) is 12.2 Å². The van der Waals surface area contributed by atoms with Crippen LogP contribution in [0.4, 0.5) is 0 Å². The molecule has 0 spiro atoms. The summed E-state index contributed by atoms with van der Waals surface area (Å²) in [5.41, 5.74) is -0.690. The summed E-state index contributed by atoms with van der Waals surface area (Å²) < 4.78 is 10.4. The van der Waals surface area contributed by atoms with Gasteiger partial charge in [0, 0.05) is 5.92 Å². The van der Waals surface area contributed by atoms with Crippen LogP contribution < -0.4 is 0 Å². The Morgan fingerprint density at radius 1 is 1.20 bits per heavy atom. The van der Waals surface area contributed by atoms with Gasteiger partial charge in [-0.3, -0.25) is 9.59 Å². The van der Waals surface area contributed by atoms with E-state index < -0.39 is 41.3 Å². The monoisotopic (exact) mass is 350 g/mol. The lowest BCUT2D eigenvalue weighted by Gasteiger charge is -2.34. The molecule has 1 N–H and O–H groups in total. The topological polar surface area (TPSA) is 89.9 Å². The molecule has 0 saturated carbocycles. The van der Waals surface area contributed by atoms with E-state index in [0.29, 0.717) is 18.4 Å². The molecule has 1 aliphatic carbocycles. The van der Waals surface area contributed by atoms with Gasteiger partial charge in [0.15, 0.2) is 5.60 Å². The number of ether oxygens (including phenoxy) is 2. The van der Waals surface area contributed by atoms with E-state index in [1.807, 2.05) is 0 Å². The molecule has 0 aromatic heterocycles. The molecule has 0 amide bonds. The second-order valence-electron chi connectivity index (χ2n) is 7.52. The highest BCUT2D eigenvalue weighted by molar-refractivity contribution is 6.23. The number of hydrogen-bond donors (Lipinski definition) is 1. The lowest BCUT2D eigenvalue weighted by Crippen LogP contribution is -2.48. The highest BCUT2D eigenvalue weighted by Gasteiger charge is 2.63. The zero-order chi connectivity index (χ0) is 18.2. The quantitative estimate of drug-likeness (QED) is 0.429. The number of cyclic esters (lactones) is 1. The van der Waals surface area contributed by atoms with Gasteiger partial charge in [-0.2, -0.15) is 0 Å². The Bertz CT molecular complexity index is 621. The standard InChI is InChI=1S/C19H26O6/c1-3-4-5-6-7-8-13(20)15-12-9-11-10-24-17(22)14(11)16(21)19(12,2)25-18(15)23/h12-13,15,20H,3-10H2,1-2H3/t12?,13?,15?,19-/m0/s1. The zero-order valence-electron chi connectivity index (χ0n) is 14.9. The maximum absolute atomic E-state index is 12.7. The molecule has 0 aromatic rings. The van der Waals surface area contributed by atoms with E-state index in [1.165, 1.54) is 6.42 Å². The molecule has 138 valence electrons. The van der Waals surface area contributed by atoms with Crippen LogP contribution in [0.2, 0.25) is 0 Å². The van der Waals surface area contributed by atoms with Gasteiger partial charge in [0.05, 0.1) is 12.0 Å². The molecule has 0 bridgehead atoms. The molecule has 1 saturated heterocycles. The average molecular weight is 350 g/mol. The van der Waals surface area contributed by atoms with Crippen LogP contribution in [-0.4, -0.2) is 41.1 Å². The third kappa shape index (κ3) is 3.01. The number of aliphatic hydroxyl groups is 1. The van der Waals surface area contributed by atoms with Crippen LogP contribution in [0.15, 0.2) is 11.1 Å². The summed E-state index contributed by atoms with van der Waals surface area (Å²) >= 11 is 0. The molecule has 0 aromatic carbocycles. The van der Waals surface area contributed by atoms with Crippen LogP contribution in [0.5, 0.6) is 0 Å². The van der Waals surface area contributed by atoms with Gasteiger partial charge in [0.25, 0.3) is 0 Å². The number of aliphatic hydroxyl groups excluding tert-OH is 1. The maximum atomic E-state index is 12.7. The fourth-order valence-corrected chi connectivity index (χ4v) is 4.33. The van der Waals surface area contributed by atoms with Crippen molar-refractivity contribution in [2.24, 2.45) is 11.8 Å². The molecule has 2 heterocycles. The van der Waals surface area contributed by atoms with E-state index in [4.69, 9.17) is 9.47 Å². The number of ketones is 1. The van der Waals surface area contributed by atoms with Crippen LogP contribution in [0.1, 0.15) is 58.8 Å². The van der Waals surface area contributed by atoms with Crippen molar-refractivity contribution in [3.63, 3.8) is 0 Å². The summed E-state index contributed by atoms with van der Waals surface area (Å²) in [6.07, 6.45) is 5.38. The molecule has 6 nitrogen and oxygen atoms in total. The minimum Gasteiger partial charge on any atom is -0.457 e. The highest BCUT2D eigenvalue weighted by Crippen LogP contribution is 2.49. The number of unbranched alkanes of at least 4 members (excludes halogenated alkanes) is 4. The molecule has 1 fully saturated rings. The Morgan fingerprint density at radius 2 is 1.92 bits per heavy atom. The Kier molecular flexibility index (Phi) is 5.00. The normalized spacial score (nSPS) is 32.4. The minimum absolute atomic E-state index is 0.0428. The Balaban J connectivity index is 1.72. The Morgan fingerprint density at radius 3 is 2.64 bits per heavy atom. The zero-order valence-corrected chi connectivity index (χ0v) is 14.9. The highest BCUT2D eigenvalue weighted by atomic mass is 16.6. The third-order valence-corrected chi connectivity index (χ3v) is 5.82. The molecule has 25 heavy (non-hydrogen) atoms. The van der Waals surface area contributed by atoms with Crippen molar-refractivity contribution in [3.8, 4) is 0 Å². The first-order chi connectivity index (χ1) is 11.9. The van der Waals surface area contributed by atoms with Gasteiger partial charge in [-0.25, -0.2) is 4.79 Å². The van der Waals surface area contributed by atoms with E-state index in [-0.39, 0.29) is 12.2 Å². The van der Waals surface area contributed by atoms with E-state index >= 15 is 0 Å². The number of esters is 2. The molecular formula is C19H26O6. The van der Waals surface area contributed by atoms with Crippen LogP contribution in [-0.2, 0) is 23.9 Å².